The third-order valence-electron chi connectivity index (χ3n) is 4.79. The summed E-state index contributed by atoms with van der Waals surface area (Å²) in [5.74, 6) is 1.39. The molecule has 4 rings (SSSR count). The highest BCUT2D eigenvalue weighted by Crippen LogP contribution is 2.49. The normalized spacial score (nSPS) is 12.5. The van der Waals surface area contributed by atoms with Crippen LogP contribution in [0.3, 0.4) is 0 Å². The number of carboxylic acids is 1. The maximum Gasteiger partial charge on any atom is 0.335 e. The minimum absolute atomic E-state index is 0.270. The largest absolute Gasteiger partial charge is 0.497 e. The lowest BCUT2D eigenvalue weighted by molar-refractivity contribution is 0.0695. The molecule has 0 saturated heterocycles. The van der Waals surface area contributed by atoms with E-state index in [0.29, 0.717) is 28.6 Å². The molecule has 0 fully saturated rings. The van der Waals surface area contributed by atoms with E-state index in [0.717, 1.165) is 11.1 Å². The quantitative estimate of drug-likeness (QED) is 0.571. The Kier molecular flexibility index (Phi) is 4.20. The average Bonchev–Trinajstić information content (AvgIpc) is 2.71. The van der Waals surface area contributed by atoms with Crippen molar-refractivity contribution in [2.45, 2.75) is 5.92 Å². The number of methoxy groups -OCH3 is 2. The second-order valence-corrected chi connectivity index (χ2v) is 6.23. The third-order valence-corrected chi connectivity index (χ3v) is 4.79. The number of carboxylic acid groups (broad SMARTS) is 1. The van der Waals surface area contributed by atoms with Gasteiger partial charge in [-0.1, -0.05) is 30.3 Å². The highest BCUT2D eigenvalue weighted by Gasteiger charge is 2.31. The van der Waals surface area contributed by atoms with Crippen molar-refractivity contribution in [3.63, 3.8) is 0 Å². The van der Waals surface area contributed by atoms with Crippen molar-refractivity contribution < 1.29 is 24.1 Å². The van der Waals surface area contributed by atoms with Gasteiger partial charge in [0.05, 0.1) is 19.8 Å². The van der Waals surface area contributed by atoms with E-state index in [1.54, 1.807) is 26.4 Å². The molecule has 0 saturated carbocycles. The Bertz CT molecular complexity index is 971. The van der Waals surface area contributed by atoms with Gasteiger partial charge in [-0.15, -0.1) is 0 Å². The van der Waals surface area contributed by atoms with Crippen molar-refractivity contribution in [3.8, 4) is 23.0 Å². The Labute approximate surface area is 156 Å². The Morgan fingerprint density at radius 1 is 0.852 bits per heavy atom. The standard InChI is InChI=1S/C22H18O5/c1-25-13-7-9-17-19(11-13)27-20-12-14(26-2)8-10-18(20)21(17)15-5-3-4-6-16(15)22(23)24/h3-12,21H,1-2H3,(H,23,24). The van der Waals surface area contributed by atoms with Crippen LogP contribution in [0.15, 0.2) is 60.7 Å². The van der Waals surface area contributed by atoms with Gasteiger partial charge in [0.2, 0.25) is 0 Å². The Balaban J connectivity index is 1.98. The predicted octanol–water partition coefficient (Wildman–Crippen LogP) is 4.69. The summed E-state index contributed by atoms with van der Waals surface area (Å²) in [7, 11) is 3.19. The van der Waals surface area contributed by atoms with Crippen molar-refractivity contribution in [2.24, 2.45) is 0 Å². The fourth-order valence-electron chi connectivity index (χ4n) is 3.50. The smallest absolute Gasteiger partial charge is 0.335 e. The number of aromatic carboxylic acids is 1. The van der Waals surface area contributed by atoms with E-state index in [1.165, 1.54) is 0 Å². The molecule has 0 spiro atoms. The van der Waals surface area contributed by atoms with Gasteiger partial charge < -0.3 is 19.3 Å². The van der Waals surface area contributed by atoms with Crippen molar-refractivity contribution in [1.29, 1.82) is 0 Å². The number of ether oxygens (including phenoxy) is 3. The van der Waals surface area contributed by atoms with Crippen LogP contribution < -0.4 is 14.2 Å². The summed E-state index contributed by atoms with van der Waals surface area (Å²) in [5.41, 5.74) is 2.77. The van der Waals surface area contributed by atoms with Gasteiger partial charge in [-0.3, -0.25) is 0 Å². The number of hydrogen-bond acceptors (Lipinski definition) is 4. The summed E-state index contributed by atoms with van der Waals surface area (Å²) >= 11 is 0. The monoisotopic (exact) mass is 362 g/mol. The molecule has 27 heavy (non-hydrogen) atoms. The van der Waals surface area contributed by atoms with Crippen LogP contribution in [0.4, 0.5) is 0 Å². The van der Waals surface area contributed by atoms with Gasteiger partial charge in [-0.25, -0.2) is 4.79 Å². The van der Waals surface area contributed by atoms with Gasteiger partial charge >= 0.3 is 5.97 Å². The number of carbonyl (C=O) groups is 1. The topological polar surface area (TPSA) is 65.0 Å². The van der Waals surface area contributed by atoms with Crippen molar-refractivity contribution >= 4 is 5.97 Å². The summed E-state index contributed by atoms with van der Waals surface area (Å²) < 4.78 is 16.7. The van der Waals surface area contributed by atoms with Crippen LogP contribution in [0.25, 0.3) is 0 Å². The van der Waals surface area contributed by atoms with E-state index < -0.39 is 5.97 Å². The van der Waals surface area contributed by atoms with Gasteiger partial charge in [0.15, 0.2) is 0 Å². The third kappa shape index (κ3) is 2.87. The number of benzene rings is 3. The fourth-order valence-corrected chi connectivity index (χ4v) is 3.50. The summed E-state index contributed by atoms with van der Waals surface area (Å²) in [6, 6.07) is 18.2. The molecule has 0 radical (unpaired) electrons. The van der Waals surface area contributed by atoms with Crippen LogP contribution in [0.5, 0.6) is 23.0 Å². The van der Waals surface area contributed by atoms with Crippen LogP contribution in [-0.2, 0) is 0 Å². The highest BCUT2D eigenvalue weighted by atomic mass is 16.5. The lowest BCUT2D eigenvalue weighted by atomic mass is 9.80. The number of hydrogen-bond donors (Lipinski definition) is 1. The Morgan fingerprint density at radius 3 is 1.93 bits per heavy atom. The van der Waals surface area contributed by atoms with Crippen LogP contribution >= 0.6 is 0 Å². The van der Waals surface area contributed by atoms with Crippen LogP contribution in [0.1, 0.15) is 33.0 Å². The summed E-state index contributed by atoms with van der Waals surface area (Å²) in [4.78, 5) is 11.8. The van der Waals surface area contributed by atoms with E-state index in [9.17, 15) is 9.90 Å². The molecule has 1 aliphatic rings. The molecule has 0 atom stereocenters. The zero-order valence-corrected chi connectivity index (χ0v) is 14.9. The maximum atomic E-state index is 11.8. The first kappa shape index (κ1) is 17.0. The van der Waals surface area contributed by atoms with Crippen LogP contribution in [0.2, 0.25) is 0 Å². The highest BCUT2D eigenvalue weighted by molar-refractivity contribution is 5.90. The molecule has 3 aromatic carbocycles. The molecule has 0 bridgehead atoms. The molecule has 5 nitrogen and oxygen atoms in total. The molecule has 1 N–H and O–H groups in total. The first-order chi connectivity index (χ1) is 13.1. The average molecular weight is 362 g/mol. The Morgan fingerprint density at radius 2 is 1.41 bits per heavy atom. The SMILES string of the molecule is COc1ccc2c(c1)Oc1cc(OC)ccc1C2c1ccccc1C(=O)O. The number of fused-ring (bicyclic) bond motifs is 2. The van der Waals surface area contributed by atoms with Gasteiger partial charge in [0.25, 0.3) is 0 Å². The second-order valence-electron chi connectivity index (χ2n) is 6.23. The molecule has 1 aliphatic heterocycles. The summed E-state index contributed by atoms with van der Waals surface area (Å²) in [6.07, 6.45) is 0. The van der Waals surface area contributed by atoms with Gasteiger partial charge in [0.1, 0.15) is 23.0 Å². The molecule has 0 aromatic heterocycles. The van der Waals surface area contributed by atoms with Crippen molar-refractivity contribution in [2.75, 3.05) is 14.2 Å². The first-order valence-electron chi connectivity index (χ1n) is 8.48. The van der Waals surface area contributed by atoms with Crippen LogP contribution in [0, 0.1) is 0 Å². The van der Waals surface area contributed by atoms with Crippen molar-refractivity contribution in [3.05, 3.63) is 82.9 Å². The summed E-state index contributed by atoms with van der Waals surface area (Å²) in [5, 5.41) is 9.69. The fraction of sp³-hybridized carbons (Fsp3) is 0.136. The molecule has 136 valence electrons. The lowest BCUT2D eigenvalue weighted by Crippen LogP contribution is -2.15. The minimum atomic E-state index is -0.956. The van der Waals surface area contributed by atoms with E-state index in [-0.39, 0.29) is 11.5 Å². The van der Waals surface area contributed by atoms with E-state index in [1.807, 2.05) is 48.5 Å². The molecule has 0 unspecified atom stereocenters. The maximum absolute atomic E-state index is 11.8. The van der Waals surface area contributed by atoms with E-state index in [2.05, 4.69) is 0 Å². The number of rotatable bonds is 4. The van der Waals surface area contributed by atoms with Crippen LogP contribution in [-0.4, -0.2) is 25.3 Å². The first-order valence-corrected chi connectivity index (χ1v) is 8.48. The molecule has 5 heteroatoms. The molecular formula is C22H18O5. The minimum Gasteiger partial charge on any atom is -0.497 e. The van der Waals surface area contributed by atoms with E-state index in [4.69, 9.17) is 14.2 Å². The lowest BCUT2D eigenvalue weighted by Gasteiger charge is -2.30. The van der Waals surface area contributed by atoms with Crippen molar-refractivity contribution in [1.82, 2.24) is 0 Å². The van der Waals surface area contributed by atoms with Gasteiger partial charge in [-0.2, -0.15) is 0 Å². The predicted molar refractivity (Wildman–Crippen MR) is 100 cm³/mol. The molecule has 1 heterocycles. The molecule has 3 aromatic rings. The molecular weight excluding hydrogens is 344 g/mol. The zero-order valence-electron chi connectivity index (χ0n) is 14.9. The van der Waals surface area contributed by atoms with E-state index >= 15 is 0 Å². The Hall–Kier alpha value is -3.47. The molecule has 0 aliphatic carbocycles. The zero-order chi connectivity index (χ0) is 19.0. The van der Waals surface area contributed by atoms with Gasteiger partial charge in [0, 0.05) is 29.2 Å². The molecule has 0 amide bonds. The van der Waals surface area contributed by atoms with Gasteiger partial charge in [-0.05, 0) is 23.8 Å². The second kappa shape index (κ2) is 6.68. The summed E-state index contributed by atoms with van der Waals surface area (Å²) in [6.45, 7) is 0.